The van der Waals surface area contributed by atoms with Gasteiger partial charge in [-0.05, 0) is 29.8 Å². The van der Waals surface area contributed by atoms with E-state index in [2.05, 4.69) is 21.1 Å². The normalized spacial score (nSPS) is 10.7. The van der Waals surface area contributed by atoms with Crippen molar-refractivity contribution in [1.82, 2.24) is 5.16 Å². The number of nitrogens with zero attached hydrogens (tertiary/aromatic N) is 1. The molecule has 3 nitrogen and oxygen atoms in total. The molecule has 3 aromatic rings. The van der Waals surface area contributed by atoms with Crippen LogP contribution >= 0.6 is 15.9 Å². The van der Waals surface area contributed by atoms with Crippen LogP contribution in [0, 0.1) is 5.82 Å². The molecule has 1 aromatic heterocycles. The Bertz CT molecular complexity index is 753. The summed E-state index contributed by atoms with van der Waals surface area (Å²) in [6.07, 6.45) is 0. The molecule has 2 N–H and O–H groups in total. The summed E-state index contributed by atoms with van der Waals surface area (Å²) in [7, 11) is 0. The fraction of sp³-hybridized carbons (Fsp3) is 0. The smallest absolute Gasteiger partial charge is 0.176 e. The molecule has 0 amide bonds. The van der Waals surface area contributed by atoms with Crippen LogP contribution in [-0.4, -0.2) is 5.16 Å². The van der Waals surface area contributed by atoms with Gasteiger partial charge in [0.2, 0.25) is 0 Å². The maximum absolute atomic E-state index is 13.0. The second-order valence-electron chi connectivity index (χ2n) is 4.29. The highest BCUT2D eigenvalue weighted by atomic mass is 79.9. The third-order valence-corrected chi connectivity index (χ3v) is 3.43. The van der Waals surface area contributed by atoms with Gasteiger partial charge in [-0.15, -0.1) is 0 Å². The van der Waals surface area contributed by atoms with Gasteiger partial charge < -0.3 is 10.3 Å². The summed E-state index contributed by atoms with van der Waals surface area (Å²) in [5.41, 5.74) is 8.16. The quantitative estimate of drug-likeness (QED) is 0.752. The summed E-state index contributed by atoms with van der Waals surface area (Å²) in [5, 5.41) is 3.82. The van der Waals surface area contributed by atoms with E-state index in [-0.39, 0.29) is 11.6 Å². The molecule has 0 saturated carbocycles. The summed E-state index contributed by atoms with van der Waals surface area (Å²) < 4.78 is 19.3. The second-order valence-corrected chi connectivity index (χ2v) is 5.20. The van der Waals surface area contributed by atoms with Crippen LogP contribution in [0.25, 0.3) is 22.5 Å². The van der Waals surface area contributed by atoms with Crippen LogP contribution in [0.4, 0.5) is 10.2 Å². The van der Waals surface area contributed by atoms with Crippen LogP contribution in [0.5, 0.6) is 0 Å². The van der Waals surface area contributed by atoms with Crippen LogP contribution in [0.2, 0.25) is 0 Å². The number of halogens is 2. The number of hydrogen-bond donors (Lipinski definition) is 1. The van der Waals surface area contributed by atoms with Gasteiger partial charge in [-0.25, -0.2) is 4.39 Å². The SMILES string of the molecule is Nc1noc(-c2cccc(Br)c2)c1-c1ccc(F)cc1. The Labute approximate surface area is 123 Å². The van der Waals surface area contributed by atoms with Gasteiger partial charge in [0.1, 0.15) is 5.82 Å². The molecule has 1 heterocycles. The second kappa shape index (κ2) is 5.09. The summed E-state index contributed by atoms with van der Waals surface area (Å²) >= 11 is 3.41. The minimum Gasteiger partial charge on any atom is -0.380 e. The van der Waals surface area contributed by atoms with Gasteiger partial charge in [-0.1, -0.05) is 45.4 Å². The predicted octanol–water partition coefficient (Wildman–Crippen LogP) is 4.49. The first-order chi connectivity index (χ1) is 9.65. The fourth-order valence-electron chi connectivity index (χ4n) is 2.02. The molecular formula is C15H10BrFN2O. The molecule has 100 valence electrons. The third kappa shape index (κ3) is 2.32. The molecule has 0 spiro atoms. The summed E-state index contributed by atoms with van der Waals surface area (Å²) in [4.78, 5) is 0. The monoisotopic (exact) mass is 332 g/mol. The minimum atomic E-state index is -0.298. The number of anilines is 1. The van der Waals surface area contributed by atoms with E-state index >= 15 is 0 Å². The molecule has 0 saturated heterocycles. The van der Waals surface area contributed by atoms with Crippen LogP contribution < -0.4 is 5.73 Å². The Kier molecular flexibility index (Phi) is 3.28. The van der Waals surface area contributed by atoms with E-state index in [1.165, 1.54) is 12.1 Å². The zero-order valence-electron chi connectivity index (χ0n) is 10.3. The van der Waals surface area contributed by atoms with Crippen LogP contribution in [-0.2, 0) is 0 Å². The van der Waals surface area contributed by atoms with E-state index in [9.17, 15) is 4.39 Å². The average Bonchev–Trinajstić information content (AvgIpc) is 2.82. The fourth-order valence-corrected chi connectivity index (χ4v) is 2.42. The maximum Gasteiger partial charge on any atom is 0.176 e. The van der Waals surface area contributed by atoms with Crippen molar-refractivity contribution in [3.63, 3.8) is 0 Å². The van der Waals surface area contributed by atoms with Crippen molar-refractivity contribution in [2.24, 2.45) is 0 Å². The van der Waals surface area contributed by atoms with Crippen LogP contribution in [0.3, 0.4) is 0 Å². The maximum atomic E-state index is 13.0. The van der Waals surface area contributed by atoms with E-state index in [0.29, 0.717) is 11.3 Å². The molecular weight excluding hydrogens is 323 g/mol. The first-order valence-corrected chi connectivity index (χ1v) is 6.71. The summed E-state index contributed by atoms with van der Waals surface area (Å²) in [6, 6.07) is 13.7. The van der Waals surface area contributed by atoms with Crippen molar-refractivity contribution < 1.29 is 8.91 Å². The van der Waals surface area contributed by atoms with E-state index < -0.39 is 0 Å². The highest BCUT2D eigenvalue weighted by molar-refractivity contribution is 9.10. The molecule has 0 fully saturated rings. The lowest BCUT2D eigenvalue weighted by Crippen LogP contribution is -1.89. The lowest BCUT2D eigenvalue weighted by atomic mass is 10.0. The van der Waals surface area contributed by atoms with Crippen molar-refractivity contribution in [3.8, 4) is 22.5 Å². The number of benzene rings is 2. The van der Waals surface area contributed by atoms with Gasteiger partial charge in [-0.2, -0.15) is 0 Å². The largest absolute Gasteiger partial charge is 0.380 e. The standard InChI is InChI=1S/C15H10BrFN2O/c16-11-3-1-2-10(8-11)14-13(15(18)19-20-14)9-4-6-12(17)7-5-9/h1-8H,(H2,18,19). The van der Waals surface area contributed by atoms with Gasteiger partial charge in [-0.3, -0.25) is 0 Å². The van der Waals surface area contributed by atoms with Gasteiger partial charge in [0.05, 0.1) is 5.56 Å². The molecule has 0 unspecified atom stereocenters. The lowest BCUT2D eigenvalue weighted by molar-refractivity contribution is 0.436. The highest BCUT2D eigenvalue weighted by Crippen LogP contribution is 2.37. The highest BCUT2D eigenvalue weighted by Gasteiger charge is 2.17. The number of rotatable bonds is 2. The van der Waals surface area contributed by atoms with Crippen molar-refractivity contribution in [2.75, 3.05) is 5.73 Å². The molecule has 0 aliphatic heterocycles. The molecule has 0 bridgehead atoms. The van der Waals surface area contributed by atoms with Crippen LogP contribution in [0.1, 0.15) is 0 Å². The number of nitrogen functional groups attached to an aromatic ring is 1. The number of hydrogen-bond acceptors (Lipinski definition) is 3. The van der Waals surface area contributed by atoms with Gasteiger partial charge >= 0.3 is 0 Å². The zero-order valence-corrected chi connectivity index (χ0v) is 11.9. The van der Waals surface area contributed by atoms with E-state index in [1.54, 1.807) is 12.1 Å². The Balaban J connectivity index is 2.17. The summed E-state index contributed by atoms with van der Waals surface area (Å²) in [6.45, 7) is 0. The van der Waals surface area contributed by atoms with E-state index in [4.69, 9.17) is 10.3 Å². The third-order valence-electron chi connectivity index (χ3n) is 2.94. The molecule has 20 heavy (non-hydrogen) atoms. The molecule has 0 aliphatic rings. The number of aromatic nitrogens is 1. The van der Waals surface area contributed by atoms with Crippen molar-refractivity contribution in [1.29, 1.82) is 0 Å². The van der Waals surface area contributed by atoms with E-state index in [0.717, 1.165) is 15.6 Å². The number of nitrogens with two attached hydrogens (primary N) is 1. The van der Waals surface area contributed by atoms with E-state index in [1.807, 2.05) is 24.3 Å². The summed E-state index contributed by atoms with van der Waals surface area (Å²) in [5.74, 6) is 0.551. The first-order valence-electron chi connectivity index (χ1n) is 5.92. The van der Waals surface area contributed by atoms with Crippen LogP contribution in [0.15, 0.2) is 57.5 Å². The average molecular weight is 333 g/mol. The Morgan fingerprint density at radius 1 is 1.05 bits per heavy atom. The Morgan fingerprint density at radius 2 is 1.80 bits per heavy atom. The lowest BCUT2D eigenvalue weighted by Gasteiger charge is -2.03. The zero-order chi connectivity index (χ0) is 14.1. The molecule has 0 atom stereocenters. The van der Waals surface area contributed by atoms with Gasteiger partial charge in [0.25, 0.3) is 0 Å². The first kappa shape index (κ1) is 12.9. The molecule has 5 heteroatoms. The molecule has 0 aliphatic carbocycles. The van der Waals surface area contributed by atoms with Crippen molar-refractivity contribution >= 4 is 21.7 Å². The molecule has 0 radical (unpaired) electrons. The van der Waals surface area contributed by atoms with Gasteiger partial charge in [0, 0.05) is 10.0 Å². The molecule has 3 rings (SSSR count). The topological polar surface area (TPSA) is 52.0 Å². The van der Waals surface area contributed by atoms with Crippen molar-refractivity contribution in [3.05, 3.63) is 58.8 Å². The van der Waals surface area contributed by atoms with Gasteiger partial charge in [0.15, 0.2) is 11.6 Å². The Hall–Kier alpha value is -2.14. The van der Waals surface area contributed by atoms with Crippen molar-refractivity contribution in [2.45, 2.75) is 0 Å². The predicted molar refractivity (Wildman–Crippen MR) is 79.4 cm³/mol. The molecule has 2 aromatic carbocycles. The minimum absolute atomic E-state index is 0.284. The Morgan fingerprint density at radius 3 is 2.50 bits per heavy atom.